The Morgan fingerprint density at radius 3 is 2.52 bits per heavy atom. The molecule has 0 saturated heterocycles. The molecule has 0 aliphatic rings. The Bertz CT molecular complexity index is 747. The first-order valence-electron chi connectivity index (χ1n) is 6.64. The molecule has 3 aromatic rings. The van der Waals surface area contributed by atoms with Gasteiger partial charge in [-0.15, -0.1) is 17.9 Å². The molecular weight excluding hydrogens is 316 g/mol. The lowest BCUT2D eigenvalue weighted by Crippen LogP contribution is -2.30. The molecule has 3 heterocycles. The highest BCUT2D eigenvalue weighted by Gasteiger charge is 2.18. The van der Waals surface area contributed by atoms with Crippen molar-refractivity contribution < 1.29 is 14.3 Å². The number of benzene rings is 1. The van der Waals surface area contributed by atoms with Crippen LogP contribution in [0.1, 0.15) is 0 Å². The minimum absolute atomic E-state index is 0.347. The van der Waals surface area contributed by atoms with Gasteiger partial charge < -0.3 is 9.47 Å². The van der Waals surface area contributed by atoms with Crippen LogP contribution in [0.5, 0.6) is 6.01 Å². The van der Waals surface area contributed by atoms with E-state index in [-0.39, 0.29) is 6.09 Å². The molecule has 120 valence electrons. The Labute approximate surface area is 137 Å². The van der Waals surface area contributed by atoms with Gasteiger partial charge in [-0.2, -0.15) is 9.97 Å². The molecule has 0 aliphatic heterocycles. The summed E-state index contributed by atoms with van der Waals surface area (Å²) in [6, 6.07) is 6.38. The van der Waals surface area contributed by atoms with Crippen molar-refractivity contribution in [1.82, 2.24) is 15.0 Å². The van der Waals surface area contributed by atoms with Crippen molar-refractivity contribution >= 4 is 32.5 Å². The Balaban J connectivity index is 0.000000203. The van der Waals surface area contributed by atoms with Crippen molar-refractivity contribution in [3.05, 3.63) is 43.5 Å². The van der Waals surface area contributed by atoms with E-state index >= 15 is 0 Å². The molecular formula is C15H16N4O3S. The zero-order valence-electron chi connectivity index (χ0n) is 12.8. The summed E-state index contributed by atoms with van der Waals surface area (Å²) in [6.07, 6.45) is 4.09. The van der Waals surface area contributed by atoms with E-state index in [4.69, 9.17) is 4.74 Å². The second-order valence-corrected chi connectivity index (χ2v) is 5.34. The molecule has 0 atom stereocenters. The molecule has 2 bridgehead atoms. The third-order valence-electron chi connectivity index (χ3n) is 2.81. The highest BCUT2D eigenvalue weighted by molar-refractivity contribution is 7.24. The second kappa shape index (κ2) is 8.04. The van der Waals surface area contributed by atoms with Crippen LogP contribution in [0.15, 0.2) is 43.5 Å². The van der Waals surface area contributed by atoms with Crippen LogP contribution in [-0.2, 0) is 4.74 Å². The molecule has 0 fully saturated rings. The van der Waals surface area contributed by atoms with Crippen LogP contribution in [0.25, 0.3) is 9.40 Å². The Morgan fingerprint density at radius 1 is 1.35 bits per heavy atom. The zero-order chi connectivity index (χ0) is 16.7. The van der Waals surface area contributed by atoms with E-state index in [1.165, 1.54) is 26.9 Å². The smallest absolute Gasteiger partial charge is 0.414 e. The lowest BCUT2D eigenvalue weighted by Gasteiger charge is -2.18. The number of nitrogens with zero attached hydrogens (tertiary/aromatic N) is 4. The maximum Gasteiger partial charge on any atom is 0.414 e. The Kier molecular flexibility index (Phi) is 5.81. The van der Waals surface area contributed by atoms with Gasteiger partial charge in [0.15, 0.2) is 0 Å². The number of anilines is 1. The summed E-state index contributed by atoms with van der Waals surface area (Å²) in [5.41, 5.74) is 0.907. The van der Waals surface area contributed by atoms with Crippen LogP contribution < -0.4 is 9.64 Å². The van der Waals surface area contributed by atoms with E-state index in [9.17, 15) is 4.79 Å². The van der Waals surface area contributed by atoms with Crippen LogP contribution in [0, 0.1) is 0 Å². The molecule has 0 aliphatic carbocycles. The van der Waals surface area contributed by atoms with Gasteiger partial charge in [0.25, 0.3) is 0 Å². The predicted octanol–water partition coefficient (Wildman–Crippen LogP) is 2.98. The van der Waals surface area contributed by atoms with Gasteiger partial charge in [0.2, 0.25) is 0 Å². The summed E-state index contributed by atoms with van der Waals surface area (Å²) < 4.78 is 11.6. The van der Waals surface area contributed by atoms with Crippen molar-refractivity contribution in [3.8, 4) is 6.01 Å². The number of methoxy groups -OCH3 is 2. The first-order valence-corrected chi connectivity index (χ1v) is 7.45. The van der Waals surface area contributed by atoms with Gasteiger partial charge in [-0.3, -0.25) is 4.90 Å². The minimum atomic E-state index is -0.351. The number of hydrogen-bond acceptors (Lipinski definition) is 7. The minimum Gasteiger partial charge on any atom is -0.467 e. The Hall–Kier alpha value is -2.74. The monoisotopic (exact) mass is 332 g/mol. The highest BCUT2D eigenvalue weighted by Crippen LogP contribution is 2.35. The molecule has 0 radical (unpaired) electrons. The third-order valence-corrected chi connectivity index (χ3v) is 3.86. The van der Waals surface area contributed by atoms with E-state index in [0.29, 0.717) is 12.6 Å². The lowest BCUT2D eigenvalue weighted by atomic mass is 10.3. The first-order chi connectivity index (χ1) is 11.2. The fourth-order valence-electron chi connectivity index (χ4n) is 1.83. The molecule has 0 N–H and O–H groups in total. The SMILES string of the molecule is C=CCN(C(=O)OC)c1cc2ccc1s2.COc1ncncn1. The van der Waals surface area contributed by atoms with Crippen LogP contribution >= 0.6 is 11.3 Å². The van der Waals surface area contributed by atoms with Gasteiger partial charge in [0.05, 0.1) is 24.6 Å². The summed E-state index contributed by atoms with van der Waals surface area (Å²) in [4.78, 5) is 24.0. The maximum atomic E-state index is 11.5. The predicted molar refractivity (Wildman–Crippen MR) is 89.3 cm³/mol. The molecule has 3 rings (SSSR count). The van der Waals surface area contributed by atoms with Crippen molar-refractivity contribution in [2.75, 3.05) is 25.7 Å². The summed E-state index contributed by atoms with van der Waals surface area (Å²) in [7, 11) is 2.89. The number of carbonyl (C=O) groups excluding carboxylic acids is 1. The van der Waals surface area contributed by atoms with E-state index < -0.39 is 0 Å². The number of fused-ring (bicyclic) bond motifs is 2. The average Bonchev–Trinajstić information content (AvgIpc) is 3.23. The topological polar surface area (TPSA) is 77.4 Å². The number of carbonyl (C=O) groups is 1. The van der Waals surface area contributed by atoms with Crippen molar-refractivity contribution in [2.45, 2.75) is 0 Å². The quantitative estimate of drug-likeness (QED) is 0.684. The van der Waals surface area contributed by atoms with Gasteiger partial charge in [0.1, 0.15) is 12.7 Å². The van der Waals surface area contributed by atoms with Gasteiger partial charge >= 0.3 is 12.1 Å². The summed E-state index contributed by atoms with van der Waals surface area (Å²) >= 11 is 1.67. The molecule has 0 saturated carbocycles. The third kappa shape index (κ3) is 4.13. The molecule has 1 amide bonds. The summed E-state index contributed by atoms with van der Waals surface area (Å²) in [5.74, 6) is 0. The van der Waals surface area contributed by atoms with Gasteiger partial charge in [-0.25, -0.2) is 9.78 Å². The normalized spacial score (nSPS) is 9.83. The standard InChI is InChI=1S/C11H11NO2S.C4H5N3O/c1-3-6-12(11(13)14-2)9-7-8-4-5-10(9)15-8;1-8-4-6-2-5-3-7-4/h3-5,7H,1,6H2,2H3;2-3H,1H3. The number of amides is 1. The zero-order valence-corrected chi connectivity index (χ0v) is 13.6. The Morgan fingerprint density at radius 2 is 2.09 bits per heavy atom. The number of ether oxygens (including phenoxy) is 2. The number of rotatable bonds is 4. The molecule has 0 aromatic carbocycles. The summed E-state index contributed by atoms with van der Waals surface area (Å²) in [5, 5.41) is 0. The number of aromatic nitrogens is 3. The number of thiophene rings is 2. The second-order valence-electron chi connectivity index (χ2n) is 4.23. The fourth-order valence-corrected chi connectivity index (χ4v) is 2.80. The molecule has 23 heavy (non-hydrogen) atoms. The molecule has 3 aromatic heterocycles. The van der Waals surface area contributed by atoms with E-state index in [1.807, 2.05) is 18.2 Å². The largest absolute Gasteiger partial charge is 0.467 e. The van der Waals surface area contributed by atoms with E-state index in [1.54, 1.807) is 22.3 Å². The highest BCUT2D eigenvalue weighted by atomic mass is 32.1. The molecule has 7 nitrogen and oxygen atoms in total. The van der Waals surface area contributed by atoms with Crippen molar-refractivity contribution in [2.24, 2.45) is 0 Å². The first kappa shape index (κ1) is 16.6. The van der Waals surface area contributed by atoms with Crippen molar-refractivity contribution in [3.63, 3.8) is 0 Å². The average molecular weight is 332 g/mol. The summed E-state index contributed by atoms with van der Waals surface area (Å²) in [6.45, 7) is 4.10. The van der Waals surface area contributed by atoms with Crippen LogP contribution in [0.4, 0.5) is 10.5 Å². The van der Waals surface area contributed by atoms with Crippen molar-refractivity contribution in [1.29, 1.82) is 0 Å². The van der Waals surface area contributed by atoms with Crippen LogP contribution in [-0.4, -0.2) is 41.8 Å². The molecule has 8 heteroatoms. The van der Waals surface area contributed by atoms with Gasteiger partial charge in [-0.05, 0) is 18.2 Å². The maximum absolute atomic E-state index is 11.5. The van der Waals surface area contributed by atoms with E-state index in [2.05, 4.69) is 26.3 Å². The lowest BCUT2D eigenvalue weighted by molar-refractivity contribution is 0.179. The molecule has 0 spiro atoms. The van der Waals surface area contributed by atoms with Crippen LogP contribution in [0.2, 0.25) is 0 Å². The number of hydrogen-bond donors (Lipinski definition) is 0. The fraction of sp³-hybridized carbons (Fsp3) is 0.200. The molecule has 0 unspecified atom stereocenters. The van der Waals surface area contributed by atoms with Gasteiger partial charge in [-0.1, -0.05) is 6.08 Å². The van der Waals surface area contributed by atoms with Crippen LogP contribution in [0.3, 0.4) is 0 Å². The van der Waals surface area contributed by atoms with Gasteiger partial charge in [0, 0.05) is 11.2 Å². The van der Waals surface area contributed by atoms with E-state index in [0.717, 1.165) is 15.1 Å².